The second kappa shape index (κ2) is 6.31. The van der Waals surface area contributed by atoms with E-state index >= 15 is 0 Å². The Balaban J connectivity index is 2.72. The van der Waals surface area contributed by atoms with Crippen molar-refractivity contribution in [2.75, 3.05) is 23.7 Å². The molecule has 0 amide bonds. The standard InChI is InChI=1S/C10H14N2O5S/c1-2-17-6-7-18(15,16)12-9-5-3-4-8(11-9)10(13)14/h3-5H,2,6-7H2,1H3,(H,11,12)(H,13,14). The molecule has 7 nitrogen and oxygen atoms in total. The third kappa shape index (κ3) is 4.68. The van der Waals surface area contributed by atoms with Crippen LogP contribution in [0.3, 0.4) is 0 Å². The van der Waals surface area contributed by atoms with Crippen molar-refractivity contribution in [1.29, 1.82) is 0 Å². The Hall–Kier alpha value is -1.67. The van der Waals surface area contributed by atoms with Gasteiger partial charge in [0.05, 0.1) is 12.4 Å². The Bertz CT molecular complexity index is 515. The number of aromatic nitrogens is 1. The number of hydrogen-bond acceptors (Lipinski definition) is 5. The molecule has 1 aromatic rings. The third-order valence-electron chi connectivity index (χ3n) is 1.93. The average Bonchev–Trinajstić information content (AvgIpc) is 2.28. The maximum absolute atomic E-state index is 11.6. The maximum atomic E-state index is 11.6. The molecule has 0 bridgehead atoms. The second-order valence-electron chi connectivity index (χ2n) is 3.33. The monoisotopic (exact) mass is 274 g/mol. The summed E-state index contributed by atoms with van der Waals surface area (Å²) >= 11 is 0. The Morgan fingerprint density at radius 3 is 2.83 bits per heavy atom. The van der Waals surface area contributed by atoms with Crippen molar-refractivity contribution in [3.63, 3.8) is 0 Å². The van der Waals surface area contributed by atoms with Gasteiger partial charge in [0.15, 0.2) is 5.69 Å². The normalized spacial score (nSPS) is 11.2. The van der Waals surface area contributed by atoms with Crippen molar-refractivity contribution >= 4 is 21.8 Å². The summed E-state index contributed by atoms with van der Waals surface area (Å²) in [6.07, 6.45) is 0. The molecule has 0 unspecified atom stereocenters. The van der Waals surface area contributed by atoms with Crippen molar-refractivity contribution in [3.05, 3.63) is 23.9 Å². The number of nitrogens with zero attached hydrogens (tertiary/aromatic N) is 1. The Kier molecular flexibility index (Phi) is 5.05. The van der Waals surface area contributed by atoms with E-state index in [1.807, 2.05) is 0 Å². The summed E-state index contributed by atoms with van der Waals surface area (Å²) in [7, 11) is -3.58. The molecule has 18 heavy (non-hydrogen) atoms. The molecule has 0 aliphatic heterocycles. The number of rotatable bonds is 7. The molecule has 0 aromatic carbocycles. The molecule has 100 valence electrons. The van der Waals surface area contributed by atoms with Gasteiger partial charge in [-0.1, -0.05) is 6.07 Å². The van der Waals surface area contributed by atoms with Crippen LogP contribution >= 0.6 is 0 Å². The summed E-state index contributed by atoms with van der Waals surface area (Å²) < 4.78 is 30.3. The van der Waals surface area contributed by atoms with E-state index < -0.39 is 16.0 Å². The number of pyridine rings is 1. The Morgan fingerprint density at radius 1 is 1.50 bits per heavy atom. The second-order valence-corrected chi connectivity index (χ2v) is 5.17. The number of anilines is 1. The van der Waals surface area contributed by atoms with Crippen LogP contribution in [-0.4, -0.2) is 43.4 Å². The zero-order chi connectivity index (χ0) is 13.6. The van der Waals surface area contributed by atoms with Crippen molar-refractivity contribution in [3.8, 4) is 0 Å². The molecule has 1 aromatic heterocycles. The fourth-order valence-corrected chi connectivity index (χ4v) is 2.01. The van der Waals surface area contributed by atoms with Gasteiger partial charge in [0.25, 0.3) is 0 Å². The first-order valence-electron chi connectivity index (χ1n) is 5.23. The van der Waals surface area contributed by atoms with Gasteiger partial charge in [-0.25, -0.2) is 18.2 Å². The molecule has 0 atom stereocenters. The Morgan fingerprint density at radius 2 is 2.22 bits per heavy atom. The number of hydrogen-bond donors (Lipinski definition) is 2. The first-order valence-corrected chi connectivity index (χ1v) is 6.88. The number of carboxylic acid groups (broad SMARTS) is 1. The lowest BCUT2D eigenvalue weighted by Crippen LogP contribution is -2.21. The number of carbonyl (C=O) groups is 1. The van der Waals surface area contributed by atoms with Crippen molar-refractivity contribution in [2.24, 2.45) is 0 Å². The molecule has 2 N–H and O–H groups in total. The van der Waals surface area contributed by atoms with Crippen LogP contribution in [0.2, 0.25) is 0 Å². The average molecular weight is 274 g/mol. The lowest BCUT2D eigenvalue weighted by molar-refractivity contribution is 0.0690. The van der Waals surface area contributed by atoms with Gasteiger partial charge in [0, 0.05) is 6.61 Å². The van der Waals surface area contributed by atoms with Crippen LogP contribution in [-0.2, 0) is 14.8 Å². The molecule has 0 radical (unpaired) electrons. The third-order valence-corrected chi connectivity index (χ3v) is 3.15. The van der Waals surface area contributed by atoms with E-state index in [0.29, 0.717) is 6.61 Å². The fraction of sp³-hybridized carbons (Fsp3) is 0.400. The number of aromatic carboxylic acids is 1. The molecule has 0 saturated heterocycles. The predicted octanol–water partition coefficient (Wildman–Crippen LogP) is 0.558. The van der Waals surface area contributed by atoms with Gasteiger partial charge in [0.1, 0.15) is 5.82 Å². The van der Waals surface area contributed by atoms with Crippen LogP contribution in [0, 0.1) is 0 Å². The predicted molar refractivity (Wildman–Crippen MR) is 65.1 cm³/mol. The minimum absolute atomic E-state index is 0.0219. The number of nitrogens with one attached hydrogen (secondary N) is 1. The molecule has 0 saturated carbocycles. The first-order chi connectivity index (χ1) is 8.44. The largest absolute Gasteiger partial charge is 0.477 e. The molecule has 0 aliphatic carbocycles. The summed E-state index contributed by atoms with van der Waals surface area (Å²) in [5, 5.41) is 8.72. The fourth-order valence-electron chi connectivity index (χ4n) is 1.13. The van der Waals surface area contributed by atoms with E-state index in [4.69, 9.17) is 9.84 Å². The molecule has 8 heteroatoms. The number of carboxylic acids is 1. The smallest absolute Gasteiger partial charge is 0.354 e. The zero-order valence-corrected chi connectivity index (χ0v) is 10.6. The highest BCUT2D eigenvalue weighted by molar-refractivity contribution is 7.92. The van der Waals surface area contributed by atoms with Crippen LogP contribution in [0.1, 0.15) is 17.4 Å². The zero-order valence-electron chi connectivity index (χ0n) is 9.79. The highest BCUT2D eigenvalue weighted by atomic mass is 32.2. The van der Waals surface area contributed by atoms with Gasteiger partial charge in [0.2, 0.25) is 10.0 Å². The van der Waals surface area contributed by atoms with Crippen LogP contribution in [0.15, 0.2) is 18.2 Å². The van der Waals surface area contributed by atoms with Gasteiger partial charge in [-0.2, -0.15) is 0 Å². The molecular formula is C10H14N2O5S. The van der Waals surface area contributed by atoms with Gasteiger partial charge in [-0.05, 0) is 19.1 Å². The summed E-state index contributed by atoms with van der Waals surface area (Å²) in [6, 6.07) is 4.07. The molecule has 0 spiro atoms. The van der Waals surface area contributed by atoms with Crippen LogP contribution < -0.4 is 4.72 Å². The lowest BCUT2D eigenvalue weighted by atomic mass is 10.3. The molecule has 0 fully saturated rings. The van der Waals surface area contributed by atoms with Crippen molar-refractivity contribution in [1.82, 2.24) is 4.98 Å². The van der Waals surface area contributed by atoms with E-state index in [0.717, 1.165) is 0 Å². The van der Waals surface area contributed by atoms with E-state index in [2.05, 4.69) is 9.71 Å². The highest BCUT2D eigenvalue weighted by Crippen LogP contribution is 2.07. The topological polar surface area (TPSA) is 106 Å². The molecular weight excluding hydrogens is 260 g/mol. The SMILES string of the molecule is CCOCCS(=O)(=O)Nc1cccc(C(=O)O)n1. The van der Waals surface area contributed by atoms with Crippen molar-refractivity contribution in [2.45, 2.75) is 6.92 Å². The van der Waals surface area contributed by atoms with Gasteiger partial charge in [-0.15, -0.1) is 0 Å². The van der Waals surface area contributed by atoms with Crippen LogP contribution in [0.25, 0.3) is 0 Å². The molecule has 0 aliphatic rings. The van der Waals surface area contributed by atoms with Crippen molar-refractivity contribution < 1.29 is 23.1 Å². The van der Waals surface area contributed by atoms with Gasteiger partial charge < -0.3 is 9.84 Å². The lowest BCUT2D eigenvalue weighted by Gasteiger charge is -2.07. The first kappa shape index (κ1) is 14.4. The van der Waals surface area contributed by atoms with E-state index in [-0.39, 0.29) is 23.9 Å². The van der Waals surface area contributed by atoms with E-state index in [1.54, 1.807) is 6.92 Å². The number of ether oxygens (including phenoxy) is 1. The Labute approximate surface area is 105 Å². The summed E-state index contributed by atoms with van der Waals surface area (Å²) in [4.78, 5) is 14.3. The maximum Gasteiger partial charge on any atom is 0.354 e. The summed E-state index contributed by atoms with van der Waals surface area (Å²) in [5.41, 5.74) is -0.222. The van der Waals surface area contributed by atoms with Gasteiger partial charge in [-0.3, -0.25) is 4.72 Å². The minimum atomic E-state index is -3.58. The van der Waals surface area contributed by atoms with E-state index in [1.165, 1.54) is 18.2 Å². The summed E-state index contributed by atoms with van der Waals surface area (Å²) in [5.74, 6) is -1.45. The minimum Gasteiger partial charge on any atom is -0.477 e. The number of sulfonamides is 1. The molecule has 1 rings (SSSR count). The summed E-state index contributed by atoms with van der Waals surface area (Å²) in [6.45, 7) is 2.27. The highest BCUT2D eigenvalue weighted by Gasteiger charge is 2.12. The quantitative estimate of drug-likeness (QED) is 0.704. The van der Waals surface area contributed by atoms with E-state index in [9.17, 15) is 13.2 Å². The van der Waals surface area contributed by atoms with Crippen LogP contribution in [0.4, 0.5) is 5.82 Å². The van der Waals surface area contributed by atoms with Gasteiger partial charge >= 0.3 is 5.97 Å². The molecule has 1 heterocycles. The van der Waals surface area contributed by atoms with Crippen LogP contribution in [0.5, 0.6) is 0 Å².